The van der Waals surface area contributed by atoms with Gasteiger partial charge in [-0.1, -0.05) is 6.92 Å². The zero-order valence-corrected chi connectivity index (χ0v) is 9.48. The summed E-state index contributed by atoms with van der Waals surface area (Å²) in [6.07, 6.45) is 3.43. The van der Waals surface area contributed by atoms with Gasteiger partial charge in [0.05, 0.1) is 6.04 Å². The van der Waals surface area contributed by atoms with E-state index in [0.717, 1.165) is 26.1 Å². The van der Waals surface area contributed by atoms with Crippen LogP contribution >= 0.6 is 0 Å². The van der Waals surface area contributed by atoms with Gasteiger partial charge in [0.1, 0.15) is 0 Å². The molecule has 2 saturated heterocycles. The summed E-state index contributed by atoms with van der Waals surface area (Å²) in [7, 11) is 0. The van der Waals surface area contributed by atoms with Crippen LogP contribution in [0.1, 0.15) is 26.2 Å². The Hall–Kier alpha value is -0.610. The van der Waals surface area contributed by atoms with Gasteiger partial charge in [0, 0.05) is 25.7 Å². The van der Waals surface area contributed by atoms with Crippen LogP contribution in [0.25, 0.3) is 0 Å². The molecule has 2 heterocycles. The molecule has 2 aliphatic heterocycles. The van der Waals surface area contributed by atoms with Gasteiger partial charge in [-0.2, -0.15) is 0 Å². The average molecular weight is 211 g/mol. The Kier molecular flexibility index (Phi) is 3.26. The van der Waals surface area contributed by atoms with Gasteiger partial charge in [-0.3, -0.25) is 14.6 Å². The van der Waals surface area contributed by atoms with Gasteiger partial charge in [0.15, 0.2) is 0 Å². The highest BCUT2D eigenvalue weighted by molar-refractivity contribution is 5.79. The molecule has 0 aromatic rings. The Morgan fingerprint density at radius 3 is 2.93 bits per heavy atom. The molecular weight excluding hydrogens is 190 g/mol. The van der Waals surface area contributed by atoms with E-state index in [4.69, 9.17) is 5.73 Å². The Bertz CT molecular complexity index is 244. The van der Waals surface area contributed by atoms with E-state index in [0.29, 0.717) is 6.04 Å². The molecule has 1 amide bonds. The van der Waals surface area contributed by atoms with Crippen LogP contribution in [-0.4, -0.2) is 54.0 Å². The van der Waals surface area contributed by atoms with Gasteiger partial charge in [-0.25, -0.2) is 0 Å². The van der Waals surface area contributed by atoms with Gasteiger partial charge in [-0.05, 0) is 25.8 Å². The molecular formula is C11H21N3O. The van der Waals surface area contributed by atoms with Crippen LogP contribution in [-0.2, 0) is 4.79 Å². The number of amides is 1. The average Bonchev–Trinajstić information content (AvgIpc) is 2.65. The van der Waals surface area contributed by atoms with Gasteiger partial charge in [-0.15, -0.1) is 0 Å². The smallest absolute Gasteiger partial charge is 0.234 e. The first-order valence-electron chi connectivity index (χ1n) is 5.99. The monoisotopic (exact) mass is 211 g/mol. The highest BCUT2D eigenvalue weighted by Gasteiger charge is 2.34. The number of primary amides is 1. The predicted octanol–water partition coefficient (Wildman–Crippen LogP) is 0.0303. The van der Waals surface area contributed by atoms with Crippen molar-refractivity contribution in [2.45, 2.75) is 38.3 Å². The van der Waals surface area contributed by atoms with E-state index < -0.39 is 0 Å². The Labute approximate surface area is 91.4 Å². The molecule has 0 spiro atoms. The van der Waals surface area contributed by atoms with Crippen LogP contribution in [0.4, 0.5) is 0 Å². The van der Waals surface area contributed by atoms with E-state index in [2.05, 4.69) is 9.80 Å². The maximum absolute atomic E-state index is 11.3. The summed E-state index contributed by atoms with van der Waals surface area (Å²) in [5, 5.41) is 0. The molecule has 4 nitrogen and oxygen atoms in total. The Morgan fingerprint density at radius 1 is 1.47 bits per heavy atom. The van der Waals surface area contributed by atoms with Crippen molar-refractivity contribution in [2.75, 3.05) is 26.2 Å². The summed E-state index contributed by atoms with van der Waals surface area (Å²) < 4.78 is 0. The summed E-state index contributed by atoms with van der Waals surface area (Å²) >= 11 is 0. The molecule has 2 aliphatic rings. The third kappa shape index (κ3) is 2.16. The normalized spacial score (nSPS) is 30.1. The van der Waals surface area contributed by atoms with Crippen molar-refractivity contribution in [1.82, 2.24) is 9.80 Å². The summed E-state index contributed by atoms with van der Waals surface area (Å²) in [6.45, 7) is 6.41. The van der Waals surface area contributed by atoms with E-state index in [9.17, 15) is 4.79 Å². The quantitative estimate of drug-likeness (QED) is 0.716. The molecule has 0 aliphatic carbocycles. The van der Waals surface area contributed by atoms with E-state index in [1.54, 1.807) is 0 Å². The molecule has 2 fully saturated rings. The SMILES string of the molecule is CCC(C(N)=O)N1CCN2CCCC2C1. The van der Waals surface area contributed by atoms with Crippen LogP contribution in [0.5, 0.6) is 0 Å². The molecule has 0 saturated carbocycles. The van der Waals surface area contributed by atoms with Crippen molar-refractivity contribution in [3.63, 3.8) is 0 Å². The predicted molar refractivity (Wildman–Crippen MR) is 59.4 cm³/mol. The molecule has 0 aromatic carbocycles. The number of hydrogen-bond acceptors (Lipinski definition) is 3. The van der Waals surface area contributed by atoms with E-state index >= 15 is 0 Å². The lowest BCUT2D eigenvalue weighted by molar-refractivity contribution is -0.124. The van der Waals surface area contributed by atoms with Crippen molar-refractivity contribution >= 4 is 5.91 Å². The number of rotatable bonds is 3. The molecule has 4 heteroatoms. The fourth-order valence-electron chi connectivity index (χ4n) is 2.94. The summed E-state index contributed by atoms with van der Waals surface area (Å²) in [5.74, 6) is -0.163. The maximum Gasteiger partial charge on any atom is 0.234 e. The third-order valence-corrected chi connectivity index (χ3v) is 3.77. The molecule has 86 valence electrons. The molecule has 0 bridgehead atoms. The summed E-state index contributed by atoms with van der Waals surface area (Å²) in [6, 6.07) is 0.625. The maximum atomic E-state index is 11.3. The number of carbonyl (C=O) groups is 1. The molecule has 0 aromatic heterocycles. The first-order chi connectivity index (χ1) is 7.22. The first kappa shape index (κ1) is 10.9. The van der Waals surface area contributed by atoms with E-state index in [-0.39, 0.29) is 11.9 Å². The second kappa shape index (κ2) is 4.49. The molecule has 2 rings (SSSR count). The molecule has 0 radical (unpaired) electrons. The van der Waals surface area contributed by atoms with Crippen molar-refractivity contribution in [3.05, 3.63) is 0 Å². The highest BCUT2D eigenvalue weighted by Crippen LogP contribution is 2.23. The van der Waals surface area contributed by atoms with Crippen LogP contribution in [0, 0.1) is 0 Å². The molecule has 15 heavy (non-hydrogen) atoms. The number of nitrogens with zero attached hydrogens (tertiary/aromatic N) is 2. The highest BCUT2D eigenvalue weighted by atomic mass is 16.1. The van der Waals surface area contributed by atoms with Crippen LogP contribution in [0.15, 0.2) is 0 Å². The van der Waals surface area contributed by atoms with Crippen molar-refractivity contribution in [3.8, 4) is 0 Å². The molecule has 2 unspecified atom stereocenters. The topological polar surface area (TPSA) is 49.6 Å². The zero-order valence-electron chi connectivity index (χ0n) is 9.48. The van der Waals surface area contributed by atoms with Gasteiger partial charge < -0.3 is 5.73 Å². The van der Waals surface area contributed by atoms with E-state index in [1.807, 2.05) is 6.92 Å². The Balaban J connectivity index is 1.96. The van der Waals surface area contributed by atoms with Crippen molar-refractivity contribution in [1.29, 1.82) is 0 Å². The Morgan fingerprint density at radius 2 is 2.27 bits per heavy atom. The summed E-state index contributed by atoms with van der Waals surface area (Å²) in [4.78, 5) is 16.1. The number of hydrogen-bond donors (Lipinski definition) is 1. The summed E-state index contributed by atoms with van der Waals surface area (Å²) in [5.41, 5.74) is 5.42. The van der Waals surface area contributed by atoms with Crippen LogP contribution in [0.3, 0.4) is 0 Å². The minimum Gasteiger partial charge on any atom is -0.368 e. The second-order valence-electron chi connectivity index (χ2n) is 4.65. The third-order valence-electron chi connectivity index (χ3n) is 3.77. The fraction of sp³-hybridized carbons (Fsp3) is 0.909. The molecule has 2 atom stereocenters. The molecule has 2 N–H and O–H groups in total. The standard InChI is InChI=1S/C11H21N3O/c1-2-10(11(12)15)14-7-6-13-5-3-4-9(13)8-14/h9-10H,2-8H2,1H3,(H2,12,15). The lowest BCUT2D eigenvalue weighted by Gasteiger charge is -2.40. The minimum atomic E-state index is -0.163. The second-order valence-corrected chi connectivity index (χ2v) is 4.65. The zero-order chi connectivity index (χ0) is 10.8. The fourth-order valence-corrected chi connectivity index (χ4v) is 2.94. The van der Waals surface area contributed by atoms with Crippen molar-refractivity contribution in [2.24, 2.45) is 5.73 Å². The van der Waals surface area contributed by atoms with E-state index in [1.165, 1.54) is 19.4 Å². The van der Waals surface area contributed by atoms with Crippen LogP contribution in [0.2, 0.25) is 0 Å². The lowest BCUT2D eigenvalue weighted by atomic mass is 10.1. The van der Waals surface area contributed by atoms with Crippen LogP contribution < -0.4 is 5.73 Å². The lowest BCUT2D eigenvalue weighted by Crippen LogP contribution is -2.56. The van der Waals surface area contributed by atoms with Gasteiger partial charge in [0.2, 0.25) is 5.91 Å². The van der Waals surface area contributed by atoms with Gasteiger partial charge >= 0.3 is 0 Å². The van der Waals surface area contributed by atoms with Gasteiger partial charge in [0.25, 0.3) is 0 Å². The number of carbonyl (C=O) groups excluding carboxylic acids is 1. The number of nitrogens with two attached hydrogens (primary N) is 1. The number of piperazine rings is 1. The number of fused-ring (bicyclic) bond motifs is 1. The largest absolute Gasteiger partial charge is 0.368 e. The first-order valence-corrected chi connectivity index (χ1v) is 5.99. The minimum absolute atomic E-state index is 0.0484. The van der Waals surface area contributed by atoms with Crippen molar-refractivity contribution < 1.29 is 4.79 Å².